The van der Waals surface area contributed by atoms with Crippen molar-refractivity contribution in [2.45, 2.75) is 13.0 Å². The number of hydrogen-bond acceptors (Lipinski definition) is 3. The van der Waals surface area contributed by atoms with Crippen LogP contribution in [0.1, 0.15) is 6.92 Å². The van der Waals surface area contributed by atoms with Crippen molar-refractivity contribution in [1.82, 2.24) is 5.32 Å². The fraction of sp³-hybridized carbons (Fsp3) is 0.273. The second-order valence-corrected chi connectivity index (χ2v) is 3.91. The lowest BCUT2D eigenvalue weighted by Gasteiger charge is -2.14. The molecule has 0 aliphatic carbocycles. The summed E-state index contributed by atoms with van der Waals surface area (Å²) in [5.41, 5.74) is 0. The van der Waals surface area contributed by atoms with Gasteiger partial charge in [0.1, 0.15) is 6.61 Å². The Morgan fingerprint density at radius 3 is 2.72 bits per heavy atom. The minimum atomic E-state index is -1.26. The Hall–Kier alpha value is -1.82. The van der Waals surface area contributed by atoms with E-state index in [2.05, 4.69) is 5.32 Å². The van der Waals surface area contributed by atoms with Crippen LogP contribution in [0.25, 0.3) is 0 Å². The van der Waals surface area contributed by atoms with Crippen LogP contribution in [-0.4, -0.2) is 29.6 Å². The molecule has 1 aromatic rings. The van der Waals surface area contributed by atoms with Crippen LogP contribution >= 0.6 is 11.6 Å². The number of carbonyl (C=O) groups excluding carboxylic acids is 1. The Morgan fingerprint density at radius 1 is 1.56 bits per heavy atom. The summed E-state index contributed by atoms with van der Waals surface area (Å²) in [6.07, 6.45) is 0. The molecule has 0 radical (unpaired) electrons. The molecule has 0 bridgehead atoms. The summed E-state index contributed by atoms with van der Waals surface area (Å²) in [4.78, 5) is 21.5. The second-order valence-electron chi connectivity index (χ2n) is 3.48. The monoisotopic (exact) mass is 275 g/mol. The minimum Gasteiger partial charge on any atom is -0.488 e. The van der Waals surface area contributed by atoms with Gasteiger partial charge in [0.25, 0.3) is 0 Å². The van der Waals surface area contributed by atoms with Crippen molar-refractivity contribution >= 4 is 23.5 Å². The zero-order valence-electron chi connectivity index (χ0n) is 9.44. The van der Waals surface area contributed by atoms with Gasteiger partial charge in [0.2, 0.25) is 5.91 Å². The second kappa shape index (κ2) is 6.20. The van der Waals surface area contributed by atoms with Crippen molar-refractivity contribution < 1.29 is 23.8 Å². The van der Waals surface area contributed by atoms with Crippen molar-refractivity contribution in [1.29, 1.82) is 0 Å². The lowest BCUT2D eigenvalue weighted by molar-refractivity contribution is -0.142. The number of halogens is 2. The fourth-order valence-corrected chi connectivity index (χ4v) is 1.34. The van der Waals surface area contributed by atoms with E-state index in [4.69, 9.17) is 21.4 Å². The maximum absolute atomic E-state index is 13.3. The summed E-state index contributed by atoms with van der Waals surface area (Å²) in [7, 11) is 0. The maximum atomic E-state index is 13.3. The van der Waals surface area contributed by atoms with Gasteiger partial charge in [-0.05, 0) is 18.2 Å². The first-order valence-corrected chi connectivity index (χ1v) is 5.35. The van der Waals surface area contributed by atoms with Gasteiger partial charge in [-0.25, -0.2) is 9.18 Å². The highest BCUT2D eigenvalue weighted by molar-refractivity contribution is 6.30. The minimum absolute atomic E-state index is 0.129. The van der Waals surface area contributed by atoms with E-state index in [1.807, 2.05) is 0 Å². The molecule has 7 heteroatoms. The van der Waals surface area contributed by atoms with E-state index in [0.717, 1.165) is 6.07 Å². The lowest BCUT2D eigenvalue weighted by atomic mass is 10.3. The van der Waals surface area contributed by atoms with Gasteiger partial charge in [0, 0.05) is 11.9 Å². The third-order valence-corrected chi connectivity index (χ3v) is 2.21. The molecule has 1 atom stereocenters. The predicted molar refractivity (Wildman–Crippen MR) is 62.1 cm³/mol. The zero-order valence-corrected chi connectivity index (χ0v) is 10.2. The van der Waals surface area contributed by atoms with Crippen LogP contribution in [0.2, 0.25) is 5.02 Å². The number of nitrogens with one attached hydrogen (secondary N) is 1. The van der Waals surface area contributed by atoms with Crippen molar-refractivity contribution in [3.05, 3.63) is 29.0 Å². The maximum Gasteiger partial charge on any atom is 0.329 e. The summed E-state index contributed by atoms with van der Waals surface area (Å²) in [5, 5.41) is 11.2. The van der Waals surface area contributed by atoms with Crippen LogP contribution in [0.15, 0.2) is 18.2 Å². The van der Waals surface area contributed by atoms with Crippen molar-refractivity contribution in [3.8, 4) is 5.75 Å². The number of amides is 1. The lowest BCUT2D eigenvalue weighted by Crippen LogP contribution is -2.43. The largest absolute Gasteiger partial charge is 0.488 e. The summed E-state index contributed by atoms with van der Waals surface area (Å²) >= 11 is 5.55. The number of carboxylic acids is 1. The number of aliphatic carboxylic acids is 1. The fourth-order valence-electron chi connectivity index (χ4n) is 1.19. The quantitative estimate of drug-likeness (QED) is 0.853. The van der Waals surface area contributed by atoms with E-state index in [1.165, 1.54) is 19.1 Å². The van der Waals surface area contributed by atoms with Crippen LogP contribution in [0, 0.1) is 5.82 Å². The van der Waals surface area contributed by atoms with E-state index in [0.29, 0.717) is 0 Å². The Bertz CT molecular complexity index is 466. The molecule has 0 aliphatic heterocycles. The Morgan fingerprint density at radius 2 is 2.22 bits per heavy atom. The standard InChI is InChI=1S/C11H11ClFNO4/c1-6(15)14-9(11(16)17)5-18-10-3-2-7(12)4-8(10)13/h2-4,9H,5H2,1H3,(H,14,15)(H,16,17). The van der Waals surface area contributed by atoms with E-state index >= 15 is 0 Å². The Balaban J connectivity index is 2.66. The van der Waals surface area contributed by atoms with Gasteiger partial charge in [-0.15, -0.1) is 0 Å². The number of benzene rings is 1. The smallest absolute Gasteiger partial charge is 0.329 e. The molecule has 18 heavy (non-hydrogen) atoms. The van der Waals surface area contributed by atoms with E-state index < -0.39 is 23.7 Å². The summed E-state index contributed by atoms with van der Waals surface area (Å²) < 4.78 is 18.3. The highest BCUT2D eigenvalue weighted by atomic mass is 35.5. The van der Waals surface area contributed by atoms with Gasteiger partial charge in [-0.3, -0.25) is 4.79 Å². The van der Waals surface area contributed by atoms with Gasteiger partial charge >= 0.3 is 5.97 Å². The first kappa shape index (κ1) is 14.2. The number of carbonyl (C=O) groups is 2. The van der Waals surface area contributed by atoms with Gasteiger partial charge in [0.05, 0.1) is 0 Å². The molecule has 0 spiro atoms. The summed E-state index contributed by atoms with van der Waals surface area (Å²) in [6.45, 7) is 0.798. The number of rotatable bonds is 5. The molecule has 1 aromatic carbocycles. The molecule has 1 rings (SSSR count). The van der Waals surface area contributed by atoms with E-state index in [-0.39, 0.29) is 17.4 Å². The first-order chi connectivity index (χ1) is 8.40. The van der Waals surface area contributed by atoms with Crippen LogP contribution in [0.3, 0.4) is 0 Å². The summed E-state index contributed by atoms with van der Waals surface area (Å²) in [5.74, 6) is -2.60. The van der Waals surface area contributed by atoms with Crippen molar-refractivity contribution in [3.63, 3.8) is 0 Å². The molecular weight excluding hydrogens is 265 g/mol. The first-order valence-electron chi connectivity index (χ1n) is 4.98. The number of ether oxygens (including phenoxy) is 1. The molecule has 2 N–H and O–H groups in total. The van der Waals surface area contributed by atoms with Crippen LogP contribution in [0.4, 0.5) is 4.39 Å². The van der Waals surface area contributed by atoms with Crippen molar-refractivity contribution in [2.24, 2.45) is 0 Å². The molecule has 0 aliphatic rings. The molecule has 0 saturated heterocycles. The molecule has 1 amide bonds. The van der Waals surface area contributed by atoms with Gasteiger partial charge in [-0.2, -0.15) is 0 Å². The zero-order chi connectivity index (χ0) is 13.7. The Kier molecular flexibility index (Phi) is 4.91. The molecule has 98 valence electrons. The van der Waals surface area contributed by atoms with E-state index in [1.54, 1.807) is 0 Å². The highest BCUT2D eigenvalue weighted by Gasteiger charge is 2.19. The SMILES string of the molecule is CC(=O)NC(COc1ccc(Cl)cc1F)C(=O)O. The average Bonchev–Trinajstić information content (AvgIpc) is 2.25. The normalized spacial score (nSPS) is 11.7. The van der Waals surface area contributed by atoms with Crippen LogP contribution in [-0.2, 0) is 9.59 Å². The molecule has 0 fully saturated rings. The molecule has 5 nitrogen and oxygen atoms in total. The van der Waals surface area contributed by atoms with Gasteiger partial charge < -0.3 is 15.2 Å². The molecule has 1 unspecified atom stereocenters. The molecular formula is C11H11ClFNO4. The molecule has 0 heterocycles. The predicted octanol–water partition coefficient (Wildman–Crippen LogP) is 1.45. The third-order valence-electron chi connectivity index (χ3n) is 1.98. The topological polar surface area (TPSA) is 75.6 Å². The van der Waals surface area contributed by atoms with Crippen LogP contribution < -0.4 is 10.1 Å². The number of carboxylic acid groups (broad SMARTS) is 1. The number of hydrogen-bond donors (Lipinski definition) is 2. The highest BCUT2D eigenvalue weighted by Crippen LogP contribution is 2.21. The average molecular weight is 276 g/mol. The van der Waals surface area contributed by atoms with Crippen molar-refractivity contribution in [2.75, 3.05) is 6.61 Å². The van der Waals surface area contributed by atoms with Gasteiger partial charge in [-0.1, -0.05) is 11.6 Å². The third kappa shape index (κ3) is 4.21. The Labute approximate surface area is 108 Å². The molecule has 0 aromatic heterocycles. The van der Waals surface area contributed by atoms with E-state index in [9.17, 15) is 14.0 Å². The summed E-state index contributed by atoms with van der Waals surface area (Å²) in [6, 6.07) is 2.50. The van der Waals surface area contributed by atoms with Gasteiger partial charge in [0.15, 0.2) is 17.6 Å². The van der Waals surface area contributed by atoms with Crippen LogP contribution in [0.5, 0.6) is 5.75 Å². The molecule has 0 saturated carbocycles.